The highest BCUT2D eigenvalue weighted by atomic mass is 32.2. The zero-order valence-corrected chi connectivity index (χ0v) is 15.2. The molecule has 0 radical (unpaired) electrons. The molecule has 0 unspecified atom stereocenters. The molecule has 0 amide bonds. The van der Waals surface area contributed by atoms with E-state index in [1.54, 1.807) is 7.11 Å². The van der Waals surface area contributed by atoms with Crippen molar-refractivity contribution in [1.82, 2.24) is 14.8 Å². The third-order valence-electron chi connectivity index (χ3n) is 4.50. The van der Waals surface area contributed by atoms with Crippen molar-refractivity contribution in [3.63, 3.8) is 0 Å². The van der Waals surface area contributed by atoms with E-state index in [2.05, 4.69) is 14.8 Å². The van der Waals surface area contributed by atoms with E-state index in [-0.39, 0.29) is 6.42 Å². The number of hydrogen-bond acceptors (Lipinski definition) is 5. The van der Waals surface area contributed by atoms with Gasteiger partial charge < -0.3 is 9.84 Å². The van der Waals surface area contributed by atoms with E-state index in [0.29, 0.717) is 11.7 Å². The summed E-state index contributed by atoms with van der Waals surface area (Å²) in [6.45, 7) is 0. The maximum Gasteiger partial charge on any atom is 0.304 e. The second-order valence-corrected chi connectivity index (χ2v) is 7.24. The molecule has 1 aliphatic carbocycles. The van der Waals surface area contributed by atoms with Crippen LogP contribution in [0.2, 0.25) is 0 Å². The van der Waals surface area contributed by atoms with Gasteiger partial charge in [0.2, 0.25) is 0 Å². The second kappa shape index (κ2) is 8.38. The molecule has 1 aromatic carbocycles. The van der Waals surface area contributed by atoms with Crippen LogP contribution in [0.4, 0.5) is 0 Å². The average molecular weight is 361 g/mol. The summed E-state index contributed by atoms with van der Waals surface area (Å²) >= 11 is 1.43. The van der Waals surface area contributed by atoms with Crippen molar-refractivity contribution in [2.45, 2.75) is 49.6 Å². The Balaban J connectivity index is 1.98. The van der Waals surface area contributed by atoms with Crippen LogP contribution in [0.3, 0.4) is 0 Å². The minimum atomic E-state index is -0.802. The van der Waals surface area contributed by atoms with E-state index in [0.717, 1.165) is 35.3 Å². The Bertz CT molecular complexity index is 726. The lowest BCUT2D eigenvalue weighted by atomic mass is 9.88. The summed E-state index contributed by atoms with van der Waals surface area (Å²) < 4.78 is 7.59. The van der Waals surface area contributed by atoms with Gasteiger partial charge in [-0.05, 0) is 25.0 Å². The van der Waals surface area contributed by atoms with Crippen LogP contribution in [0.25, 0.3) is 5.69 Å². The molecule has 0 spiro atoms. The second-order valence-electron chi connectivity index (χ2n) is 6.18. The van der Waals surface area contributed by atoms with Gasteiger partial charge in [-0.15, -0.1) is 10.2 Å². The number of rotatable bonds is 7. The number of para-hydroxylation sites is 2. The number of thioether (sulfide) groups is 1. The Kier molecular flexibility index (Phi) is 5.96. The van der Waals surface area contributed by atoms with Crippen molar-refractivity contribution in [3.05, 3.63) is 30.1 Å². The van der Waals surface area contributed by atoms with E-state index < -0.39 is 5.97 Å². The van der Waals surface area contributed by atoms with E-state index in [1.165, 1.54) is 31.0 Å². The van der Waals surface area contributed by atoms with Crippen LogP contribution in [-0.2, 0) is 4.79 Å². The highest BCUT2D eigenvalue weighted by Crippen LogP contribution is 2.36. The van der Waals surface area contributed by atoms with Crippen molar-refractivity contribution in [2.24, 2.45) is 0 Å². The summed E-state index contributed by atoms with van der Waals surface area (Å²) in [6.07, 6.45) is 6.04. The fraction of sp³-hybridized carbons (Fsp3) is 0.500. The van der Waals surface area contributed by atoms with Crippen LogP contribution in [0, 0.1) is 0 Å². The summed E-state index contributed by atoms with van der Waals surface area (Å²) in [7, 11) is 1.65. The van der Waals surface area contributed by atoms with Crippen LogP contribution < -0.4 is 4.74 Å². The Hall–Kier alpha value is -2.02. The topological polar surface area (TPSA) is 77.2 Å². The van der Waals surface area contributed by atoms with Gasteiger partial charge in [0.15, 0.2) is 5.16 Å². The Morgan fingerprint density at radius 2 is 2.04 bits per heavy atom. The Morgan fingerprint density at radius 1 is 1.28 bits per heavy atom. The first-order valence-electron chi connectivity index (χ1n) is 8.64. The predicted octanol–water partition coefficient (Wildman–Crippen LogP) is 3.89. The van der Waals surface area contributed by atoms with Crippen LogP contribution in [0.1, 0.15) is 50.3 Å². The van der Waals surface area contributed by atoms with Crippen molar-refractivity contribution in [1.29, 1.82) is 0 Å². The van der Waals surface area contributed by atoms with Crippen molar-refractivity contribution in [3.8, 4) is 11.4 Å². The van der Waals surface area contributed by atoms with Gasteiger partial charge in [0.1, 0.15) is 11.6 Å². The van der Waals surface area contributed by atoms with Gasteiger partial charge in [-0.25, -0.2) is 0 Å². The number of ether oxygens (including phenoxy) is 1. The number of hydrogen-bond donors (Lipinski definition) is 1. The normalized spacial score (nSPS) is 15.2. The maximum absolute atomic E-state index is 10.8. The number of nitrogens with zero attached hydrogens (tertiary/aromatic N) is 3. The molecule has 7 heteroatoms. The van der Waals surface area contributed by atoms with Gasteiger partial charge in [-0.2, -0.15) is 0 Å². The fourth-order valence-electron chi connectivity index (χ4n) is 3.27. The molecular formula is C18H23N3O3S. The molecule has 1 saturated carbocycles. The van der Waals surface area contributed by atoms with E-state index in [9.17, 15) is 4.79 Å². The first-order chi connectivity index (χ1) is 12.2. The van der Waals surface area contributed by atoms with Crippen LogP contribution in [0.15, 0.2) is 29.4 Å². The number of methoxy groups -OCH3 is 1. The molecular weight excluding hydrogens is 338 g/mol. The smallest absolute Gasteiger partial charge is 0.304 e. The highest BCUT2D eigenvalue weighted by molar-refractivity contribution is 7.99. The molecule has 0 bridgehead atoms. The molecule has 2 aromatic rings. The van der Waals surface area contributed by atoms with Crippen molar-refractivity contribution < 1.29 is 14.6 Å². The molecule has 1 aliphatic rings. The molecule has 1 fully saturated rings. The third kappa shape index (κ3) is 4.15. The summed E-state index contributed by atoms with van der Waals surface area (Å²) in [5, 5.41) is 18.5. The van der Waals surface area contributed by atoms with Gasteiger partial charge in [-0.1, -0.05) is 43.2 Å². The zero-order valence-electron chi connectivity index (χ0n) is 14.4. The van der Waals surface area contributed by atoms with Crippen LogP contribution in [-0.4, -0.2) is 38.7 Å². The third-order valence-corrected chi connectivity index (χ3v) is 5.43. The minimum absolute atomic E-state index is 0.0994. The van der Waals surface area contributed by atoms with E-state index in [1.807, 2.05) is 24.3 Å². The fourth-order valence-corrected chi connectivity index (χ4v) is 4.15. The summed E-state index contributed by atoms with van der Waals surface area (Å²) in [5.41, 5.74) is 0.911. The molecule has 25 heavy (non-hydrogen) atoms. The van der Waals surface area contributed by atoms with Crippen LogP contribution >= 0.6 is 11.8 Å². The lowest BCUT2D eigenvalue weighted by Gasteiger charge is -2.22. The highest BCUT2D eigenvalue weighted by Gasteiger charge is 2.25. The van der Waals surface area contributed by atoms with Gasteiger partial charge in [0, 0.05) is 11.7 Å². The molecule has 1 heterocycles. The summed E-state index contributed by atoms with van der Waals surface area (Å²) in [5.74, 6) is 1.78. The van der Waals surface area contributed by atoms with Gasteiger partial charge in [0.05, 0.1) is 19.2 Å². The van der Waals surface area contributed by atoms with Crippen molar-refractivity contribution >= 4 is 17.7 Å². The lowest BCUT2D eigenvalue weighted by molar-refractivity contribution is -0.136. The molecule has 1 N–H and O–H groups in total. The number of carbonyl (C=O) groups is 1. The number of benzene rings is 1. The maximum atomic E-state index is 10.8. The largest absolute Gasteiger partial charge is 0.495 e. The van der Waals surface area contributed by atoms with E-state index in [4.69, 9.17) is 9.84 Å². The first-order valence-corrected chi connectivity index (χ1v) is 9.62. The number of aliphatic carboxylic acids is 1. The van der Waals surface area contributed by atoms with E-state index >= 15 is 0 Å². The van der Waals surface area contributed by atoms with Crippen molar-refractivity contribution in [2.75, 3.05) is 12.9 Å². The Morgan fingerprint density at radius 3 is 2.76 bits per heavy atom. The van der Waals surface area contributed by atoms with Gasteiger partial charge >= 0.3 is 5.97 Å². The lowest BCUT2D eigenvalue weighted by Crippen LogP contribution is -2.12. The SMILES string of the molecule is COc1ccccc1-n1c(SCCC(=O)O)nnc1C1CCCCC1. The summed E-state index contributed by atoms with van der Waals surface area (Å²) in [6, 6.07) is 7.82. The van der Waals surface area contributed by atoms with Crippen LogP contribution in [0.5, 0.6) is 5.75 Å². The molecule has 0 saturated heterocycles. The zero-order chi connectivity index (χ0) is 17.6. The first kappa shape index (κ1) is 17.8. The number of carboxylic acids is 1. The predicted molar refractivity (Wildman–Crippen MR) is 96.7 cm³/mol. The monoisotopic (exact) mass is 361 g/mol. The molecule has 0 atom stereocenters. The number of carboxylic acid groups (broad SMARTS) is 1. The summed E-state index contributed by atoms with van der Waals surface area (Å²) in [4.78, 5) is 10.8. The quantitative estimate of drug-likeness (QED) is 0.754. The Labute approximate surface area is 151 Å². The number of aromatic nitrogens is 3. The molecule has 6 nitrogen and oxygen atoms in total. The molecule has 1 aromatic heterocycles. The van der Waals surface area contributed by atoms with Gasteiger partial charge in [-0.3, -0.25) is 9.36 Å². The minimum Gasteiger partial charge on any atom is -0.495 e. The average Bonchev–Trinajstić information content (AvgIpc) is 3.05. The molecule has 3 rings (SSSR count). The molecule has 134 valence electrons. The van der Waals surface area contributed by atoms with Gasteiger partial charge in [0.25, 0.3) is 0 Å². The standard InChI is InChI=1S/C18H23N3O3S/c1-24-15-10-6-5-9-14(15)21-17(13-7-3-2-4-8-13)19-20-18(21)25-12-11-16(22)23/h5-6,9-10,13H,2-4,7-8,11-12H2,1H3,(H,22,23). The molecule has 0 aliphatic heterocycles.